The third-order valence-electron chi connectivity index (χ3n) is 2.92. The first-order chi connectivity index (χ1) is 9.39. The van der Waals surface area contributed by atoms with Crippen molar-refractivity contribution in [3.05, 3.63) is 36.0 Å². The van der Waals surface area contributed by atoms with Crippen molar-refractivity contribution in [1.29, 1.82) is 0 Å². The minimum absolute atomic E-state index is 0.139. The molecule has 0 saturated carbocycles. The maximum absolute atomic E-state index is 14.1. The zero-order chi connectivity index (χ0) is 14.9. The Morgan fingerprint density at radius 2 is 1.95 bits per heavy atom. The Labute approximate surface area is 113 Å². The largest absolute Gasteiger partial charge is 0.461 e. The maximum Gasteiger partial charge on any atom is 0.382 e. The predicted molar refractivity (Wildman–Crippen MR) is 68.8 cm³/mol. The number of halogens is 2. The van der Waals surface area contributed by atoms with Gasteiger partial charge in [0, 0.05) is 18.5 Å². The summed E-state index contributed by atoms with van der Waals surface area (Å²) in [7, 11) is 0. The molecule has 6 heteroatoms. The Morgan fingerprint density at radius 1 is 1.30 bits per heavy atom. The fraction of sp³-hybridized carbons (Fsp3) is 0.286. The van der Waals surface area contributed by atoms with E-state index in [2.05, 4.69) is 4.74 Å². The number of esters is 1. The third kappa shape index (κ3) is 2.17. The number of aromatic nitrogens is 1. The lowest BCUT2D eigenvalue weighted by Gasteiger charge is -2.13. The molecule has 0 aliphatic carbocycles. The molecule has 1 aromatic carbocycles. The van der Waals surface area contributed by atoms with Crippen LogP contribution in [0.3, 0.4) is 0 Å². The van der Waals surface area contributed by atoms with E-state index in [0.717, 1.165) is 10.8 Å². The normalized spacial score (nSPS) is 11.6. The van der Waals surface area contributed by atoms with Gasteiger partial charge < -0.3 is 4.74 Å². The second-order valence-corrected chi connectivity index (χ2v) is 4.24. The Hall–Kier alpha value is -2.24. The molecule has 1 aromatic heterocycles. The van der Waals surface area contributed by atoms with E-state index >= 15 is 0 Å². The van der Waals surface area contributed by atoms with Gasteiger partial charge in [0.05, 0.1) is 17.7 Å². The van der Waals surface area contributed by atoms with Crippen LogP contribution in [-0.4, -0.2) is 23.1 Å². The van der Waals surface area contributed by atoms with E-state index in [1.807, 2.05) is 0 Å². The highest BCUT2D eigenvalue weighted by atomic mass is 19.3. The number of carbonyl (C=O) groups is 2. The number of ether oxygens (including phenoxy) is 1. The monoisotopic (exact) mass is 281 g/mol. The zero-order valence-corrected chi connectivity index (χ0v) is 11.0. The van der Waals surface area contributed by atoms with E-state index in [1.165, 1.54) is 19.9 Å². The molecule has 106 valence electrons. The van der Waals surface area contributed by atoms with Crippen molar-refractivity contribution in [1.82, 2.24) is 4.57 Å². The summed E-state index contributed by atoms with van der Waals surface area (Å²) in [5.74, 6) is -5.82. The topological polar surface area (TPSA) is 48.3 Å². The van der Waals surface area contributed by atoms with Crippen LogP contribution >= 0.6 is 0 Å². The van der Waals surface area contributed by atoms with Crippen LogP contribution in [0.25, 0.3) is 10.9 Å². The summed E-state index contributed by atoms with van der Waals surface area (Å²) >= 11 is 0. The SMILES string of the molecule is CCOC(=O)C(F)(F)c1cn(C(C)=O)c2ccccc12. The molecule has 0 spiro atoms. The number of benzene rings is 1. The van der Waals surface area contributed by atoms with Crippen LogP contribution in [0, 0.1) is 0 Å². The summed E-state index contributed by atoms with van der Waals surface area (Å²) < 4.78 is 33.8. The average Bonchev–Trinajstić information content (AvgIpc) is 2.79. The minimum Gasteiger partial charge on any atom is -0.461 e. The fourth-order valence-corrected chi connectivity index (χ4v) is 2.02. The smallest absolute Gasteiger partial charge is 0.382 e. The van der Waals surface area contributed by atoms with Crippen LogP contribution in [0.2, 0.25) is 0 Å². The third-order valence-corrected chi connectivity index (χ3v) is 2.92. The predicted octanol–water partition coefficient (Wildman–Crippen LogP) is 2.96. The molecular formula is C14H13F2NO3. The van der Waals surface area contributed by atoms with Crippen molar-refractivity contribution in [3.63, 3.8) is 0 Å². The summed E-state index contributed by atoms with van der Waals surface area (Å²) in [6.07, 6.45) is 0.990. The molecule has 0 aliphatic rings. The molecular weight excluding hydrogens is 268 g/mol. The molecule has 0 amide bonds. The summed E-state index contributed by atoms with van der Waals surface area (Å²) in [6.45, 7) is 2.57. The first-order valence-corrected chi connectivity index (χ1v) is 6.06. The molecule has 0 bridgehead atoms. The van der Waals surface area contributed by atoms with Crippen molar-refractivity contribution in [2.45, 2.75) is 19.8 Å². The van der Waals surface area contributed by atoms with Crippen molar-refractivity contribution >= 4 is 22.8 Å². The quantitative estimate of drug-likeness (QED) is 0.813. The standard InChI is InChI=1S/C14H13F2NO3/c1-3-20-13(19)14(15,16)11-8-17(9(2)18)12-7-5-4-6-10(11)12/h4-8H,3H2,1-2H3. The van der Waals surface area contributed by atoms with E-state index in [4.69, 9.17) is 0 Å². The van der Waals surface area contributed by atoms with Gasteiger partial charge in [0.2, 0.25) is 5.91 Å². The minimum atomic E-state index is -3.80. The zero-order valence-electron chi connectivity index (χ0n) is 11.0. The molecule has 0 fully saturated rings. The molecule has 1 heterocycles. The van der Waals surface area contributed by atoms with Crippen LogP contribution in [0.5, 0.6) is 0 Å². The highest BCUT2D eigenvalue weighted by molar-refractivity contribution is 5.96. The van der Waals surface area contributed by atoms with Crippen molar-refractivity contribution in [2.24, 2.45) is 0 Å². The summed E-state index contributed by atoms with van der Waals surface area (Å²) in [4.78, 5) is 22.9. The van der Waals surface area contributed by atoms with Crippen LogP contribution in [-0.2, 0) is 15.5 Å². The first kappa shape index (κ1) is 14.2. The van der Waals surface area contributed by atoms with Crippen molar-refractivity contribution in [2.75, 3.05) is 6.61 Å². The molecule has 2 rings (SSSR count). The van der Waals surface area contributed by atoms with Gasteiger partial charge in [0.25, 0.3) is 0 Å². The second kappa shape index (κ2) is 5.03. The number of hydrogen-bond donors (Lipinski definition) is 0. The lowest BCUT2D eigenvalue weighted by atomic mass is 10.1. The number of carbonyl (C=O) groups excluding carboxylic acids is 2. The van der Waals surface area contributed by atoms with E-state index in [0.29, 0.717) is 5.52 Å². The number of nitrogens with zero attached hydrogens (tertiary/aromatic N) is 1. The van der Waals surface area contributed by atoms with Gasteiger partial charge in [-0.1, -0.05) is 18.2 Å². The molecule has 0 atom stereocenters. The van der Waals surface area contributed by atoms with Gasteiger partial charge in [-0.05, 0) is 13.0 Å². The molecule has 4 nitrogen and oxygen atoms in total. The van der Waals surface area contributed by atoms with Crippen LogP contribution < -0.4 is 0 Å². The molecule has 2 aromatic rings. The van der Waals surface area contributed by atoms with Crippen LogP contribution in [0.4, 0.5) is 8.78 Å². The molecule has 0 radical (unpaired) electrons. The van der Waals surface area contributed by atoms with E-state index in [-0.39, 0.29) is 12.0 Å². The maximum atomic E-state index is 14.1. The lowest BCUT2D eigenvalue weighted by molar-refractivity contribution is -0.172. The number of fused-ring (bicyclic) bond motifs is 1. The summed E-state index contributed by atoms with van der Waals surface area (Å²) in [5, 5.41) is 0.153. The number of alkyl halides is 2. The first-order valence-electron chi connectivity index (χ1n) is 6.06. The van der Waals surface area contributed by atoms with Gasteiger partial charge in [0.1, 0.15) is 0 Å². The van der Waals surface area contributed by atoms with Gasteiger partial charge >= 0.3 is 11.9 Å². The molecule has 0 saturated heterocycles. The van der Waals surface area contributed by atoms with Crippen LogP contribution in [0.1, 0.15) is 24.2 Å². The number of para-hydroxylation sites is 1. The van der Waals surface area contributed by atoms with Gasteiger partial charge in [0.15, 0.2) is 0 Å². The molecule has 0 unspecified atom stereocenters. The molecule has 20 heavy (non-hydrogen) atoms. The second-order valence-electron chi connectivity index (χ2n) is 4.24. The number of hydrogen-bond acceptors (Lipinski definition) is 3. The van der Waals surface area contributed by atoms with Gasteiger partial charge in [-0.2, -0.15) is 8.78 Å². The van der Waals surface area contributed by atoms with Gasteiger partial charge in [-0.25, -0.2) is 4.79 Å². The summed E-state index contributed by atoms with van der Waals surface area (Å²) in [5.41, 5.74) is -0.194. The molecule has 0 N–H and O–H groups in total. The number of rotatable bonds is 3. The Bertz CT molecular complexity index is 676. The van der Waals surface area contributed by atoms with E-state index in [1.54, 1.807) is 18.2 Å². The van der Waals surface area contributed by atoms with Gasteiger partial charge in [-0.3, -0.25) is 9.36 Å². The Morgan fingerprint density at radius 3 is 2.55 bits per heavy atom. The van der Waals surface area contributed by atoms with Gasteiger partial charge in [-0.15, -0.1) is 0 Å². The average molecular weight is 281 g/mol. The highest BCUT2D eigenvalue weighted by Crippen LogP contribution is 2.36. The Balaban J connectivity index is 2.66. The summed E-state index contributed by atoms with van der Waals surface area (Å²) in [6, 6.07) is 6.18. The molecule has 0 aliphatic heterocycles. The fourth-order valence-electron chi connectivity index (χ4n) is 2.02. The van der Waals surface area contributed by atoms with E-state index < -0.39 is 23.4 Å². The van der Waals surface area contributed by atoms with Crippen molar-refractivity contribution in [3.8, 4) is 0 Å². The Kier molecular flexibility index (Phi) is 3.57. The highest BCUT2D eigenvalue weighted by Gasteiger charge is 2.45. The van der Waals surface area contributed by atoms with Crippen LogP contribution in [0.15, 0.2) is 30.5 Å². The van der Waals surface area contributed by atoms with E-state index in [9.17, 15) is 18.4 Å². The lowest BCUT2D eigenvalue weighted by Crippen LogP contribution is -2.28. The van der Waals surface area contributed by atoms with Crippen molar-refractivity contribution < 1.29 is 23.1 Å².